The topological polar surface area (TPSA) is 64.9 Å². The average molecular weight is 296 g/mol. The van der Waals surface area contributed by atoms with Crippen LogP contribution in [0.3, 0.4) is 0 Å². The molecule has 0 amide bonds. The molecule has 0 aliphatic heterocycles. The zero-order valence-corrected chi connectivity index (χ0v) is 12.2. The highest BCUT2D eigenvalue weighted by atomic mass is 35.5. The molecule has 0 saturated heterocycles. The Balaban J connectivity index is 1.96. The number of nitrogens with one attached hydrogen (secondary N) is 1. The molecule has 0 spiro atoms. The molecule has 20 heavy (non-hydrogen) atoms. The van der Waals surface area contributed by atoms with E-state index in [4.69, 9.17) is 16.3 Å². The van der Waals surface area contributed by atoms with E-state index in [1.54, 1.807) is 13.4 Å². The van der Waals surface area contributed by atoms with Crippen molar-refractivity contribution in [1.29, 1.82) is 0 Å². The molecule has 2 heterocycles. The minimum atomic E-state index is 0.231. The summed E-state index contributed by atoms with van der Waals surface area (Å²) in [6, 6.07) is 0.468. The van der Waals surface area contributed by atoms with Crippen molar-refractivity contribution in [3.8, 4) is 0 Å². The van der Waals surface area contributed by atoms with Gasteiger partial charge in [-0.15, -0.1) is 0 Å². The van der Waals surface area contributed by atoms with Crippen LogP contribution in [0.5, 0.6) is 0 Å². The Hall–Kier alpha value is -1.40. The molecular formula is C13H18ClN5O. The van der Waals surface area contributed by atoms with Gasteiger partial charge in [-0.2, -0.15) is 9.97 Å². The molecule has 0 aromatic carbocycles. The number of rotatable bonds is 5. The van der Waals surface area contributed by atoms with Crippen molar-refractivity contribution in [2.75, 3.05) is 19.0 Å². The lowest BCUT2D eigenvalue weighted by Crippen LogP contribution is -2.17. The molecule has 1 saturated carbocycles. The predicted octanol–water partition coefficient (Wildman–Crippen LogP) is 2.48. The van der Waals surface area contributed by atoms with Crippen LogP contribution in [0.2, 0.25) is 5.28 Å². The summed E-state index contributed by atoms with van der Waals surface area (Å²) < 4.78 is 7.13. The Kier molecular flexibility index (Phi) is 4.03. The smallest absolute Gasteiger partial charge is 0.226 e. The van der Waals surface area contributed by atoms with E-state index in [-0.39, 0.29) is 5.28 Å². The number of hydrogen-bond acceptors (Lipinski definition) is 5. The molecule has 2 aromatic heterocycles. The Morgan fingerprint density at radius 3 is 2.95 bits per heavy atom. The third-order valence-corrected chi connectivity index (χ3v) is 3.85. The van der Waals surface area contributed by atoms with E-state index in [0.29, 0.717) is 18.3 Å². The molecule has 0 bridgehead atoms. The molecule has 6 nitrogen and oxygen atoms in total. The fourth-order valence-electron chi connectivity index (χ4n) is 2.68. The van der Waals surface area contributed by atoms with E-state index < -0.39 is 0 Å². The summed E-state index contributed by atoms with van der Waals surface area (Å²) in [5.74, 6) is 0.778. The zero-order chi connectivity index (χ0) is 13.9. The van der Waals surface area contributed by atoms with Crippen LogP contribution in [-0.4, -0.2) is 39.3 Å². The number of hydrogen-bond donors (Lipinski definition) is 1. The second kappa shape index (κ2) is 5.93. The molecular weight excluding hydrogens is 278 g/mol. The van der Waals surface area contributed by atoms with E-state index >= 15 is 0 Å². The minimum absolute atomic E-state index is 0.231. The van der Waals surface area contributed by atoms with Crippen LogP contribution in [0.1, 0.15) is 25.7 Å². The first-order valence-corrected chi connectivity index (χ1v) is 7.29. The summed E-state index contributed by atoms with van der Waals surface area (Å²) in [4.78, 5) is 12.8. The summed E-state index contributed by atoms with van der Waals surface area (Å²) in [6.45, 7) is 1.34. The quantitative estimate of drug-likeness (QED) is 0.859. The number of aromatic nitrogens is 4. The maximum absolute atomic E-state index is 5.99. The number of nitrogens with zero attached hydrogens (tertiary/aromatic N) is 4. The Morgan fingerprint density at radius 2 is 2.20 bits per heavy atom. The molecule has 1 aliphatic carbocycles. The number of imidazole rings is 1. The van der Waals surface area contributed by atoms with E-state index in [0.717, 1.165) is 17.9 Å². The van der Waals surface area contributed by atoms with Gasteiger partial charge in [-0.05, 0) is 24.4 Å². The third-order valence-electron chi connectivity index (χ3n) is 3.68. The Morgan fingerprint density at radius 1 is 1.40 bits per heavy atom. The van der Waals surface area contributed by atoms with Crippen molar-refractivity contribution < 1.29 is 4.74 Å². The van der Waals surface area contributed by atoms with Gasteiger partial charge >= 0.3 is 0 Å². The van der Waals surface area contributed by atoms with Crippen LogP contribution < -0.4 is 5.32 Å². The van der Waals surface area contributed by atoms with Gasteiger partial charge in [-0.3, -0.25) is 0 Å². The van der Waals surface area contributed by atoms with E-state index in [1.807, 2.05) is 4.57 Å². The molecule has 1 N–H and O–H groups in total. The van der Waals surface area contributed by atoms with Crippen molar-refractivity contribution in [3.63, 3.8) is 0 Å². The van der Waals surface area contributed by atoms with Crippen molar-refractivity contribution in [2.45, 2.75) is 38.3 Å². The summed E-state index contributed by atoms with van der Waals surface area (Å²) in [6.07, 6.45) is 6.64. The highest BCUT2D eigenvalue weighted by Gasteiger charge is 2.19. The highest BCUT2D eigenvalue weighted by Crippen LogP contribution is 2.26. The van der Waals surface area contributed by atoms with Gasteiger partial charge in [0.1, 0.15) is 5.52 Å². The summed E-state index contributed by atoms with van der Waals surface area (Å²) in [5, 5.41) is 3.72. The molecule has 0 radical (unpaired) electrons. The number of halogens is 1. The maximum atomic E-state index is 5.99. The molecule has 0 unspecified atom stereocenters. The molecule has 108 valence electrons. The molecule has 1 fully saturated rings. The Labute approximate surface area is 122 Å². The summed E-state index contributed by atoms with van der Waals surface area (Å²) >= 11 is 5.99. The number of anilines is 1. The fraction of sp³-hybridized carbons (Fsp3) is 0.615. The second-order valence-corrected chi connectivity index (χ2v) is 5.41. The van der Waals surface area contributed by atoms with Gasteiger partial charge in [-0.1, -0.05) is 12.8 Å². The normalized spacial score (nSPS) is 16.1. The van der Waals surface area contributed by atoms with Crippen LogP contribution >= 0.6 is 11.6 Å². The second-order valence-electron chi connectivity index (χ2n) is 5.07. The van der Waals surface area contributed by atoms with E-state index in [9.17, 15) is 0 Å². The lowest BCUT2D eigenvalue weighted by atomic mass is 10.2. The van der Waals surface area contributed by atoms with Crippen LogP contribution in [0.4, 0.5) is 5.82 Å². The van der Waals surface area contributed by atoms with Gasteiger partial charge in [0.05, 0.1) is 12.9 Å². The van der Waals surface area contributed by atoms with Gasteiger partial charge < -0.3 is 14.6 Å². The van der Waals surface area contributed by atoms with Crippen LogP contribution in [0.25, 0.3) is 11.2 Å². The van der Waals surface area contributed by atoms with E-state index in [2.05, 4.69) is 20.3 Å². The average Bonchev–Trinajstić information content (AvgIpc) is 3.05. The fourth-order valence-corrected chi connectivity index (χ4v) is 2.84. The van der Waals surface area contributed by atoms with Gasteiger partial charge in [0.2, 0.25) is 5.28 Å². The number of methoxy groups -OCH3 is 1. The van der Waals surface area contributed by atoms with Gasteiger partial charge in [-0.25, -0.2) is 4.98 Å². The SMILES string of the molecule is COCCn1cnc2nc(Cl)nc(NC3CCCC3)c21. The van der Waals surface area contributed by atoms with Crippen molar-refractivity contribution in [2.24, 2.45) is 0 Å². The monoisotopic (exact) mass is 295 g/mol. The molecule has 0 atom stereocenters. The van der Waals surface area contributed by atoms with Crippen molar-refractivity contribution in [3.05, 3.63) is 11.6 Å². The molecule has 3 rings (SSSR count). The largest absolute Gasteiger partial charge is 0.383 e. The number of ether oxygens (including phenoxy) is 1. The van der Waals surface area contributed by atoms with Crippen LogP contribution in [0, 0.1) is 0 Å². The number of fused-ring (bicyclic) bond motifs is 1. The maximum Gasteiger partial charge on any atom is 0.226 e. The lowest BCUT2D eigenvalue weighted by molar-refractivity contribution is 0.188. The van der Waals surface area contributed by atoms with Crippen molar-refractivity contribution in [1.82, 2.24) is 19.5 Å². The van der Waals surface area contributed by atoms with Crippen molar-refractivity contribution >= 4 is 28.6 Å². The van der Waals surface area contributed by atoms with Crippen LogP contribution in [-0.2, 0) is 11.3 Å². The lowest BCUT2D eigenvalue weighted by Gasteiger charge is -2.14. The van der Waals surface area contributed by atoms with Gasteiger partial charge in [0.15, 0.2) is 11.5 Å². The first-order valence-electron chi connectivity index (χ1n) is 6.92. The first-order chi connectivity index (χ1) is 9.78. The standard InChI is InChI=1S/C13H18ClN5O/c1-20-7-6-19-8-15-11-10(19)12(18-13(14)17-11)16-9-4-2-3-5-9/h8-9H,2-7H2,1H3,(H,16,17,18). The minimum Gasteiger partial charge on any atom is -0.383 e. The first kappa shape index (κ1) is 13.6. The zero-order valence-electron chi connectivity index (χ0n) is 11.5. The van der Waals surface area contributed by atoms with Crippen LogP contribution in [0.15, 0.2) is 6.33 Å². The highest BCUT2D eigenvalue weighted by molar-refractivity contribution is 6.28. The predicted molar refractivity (Wildman–Crippen MR) is 78.1 cm³/mol. The molecule has 7 heteroatoms. The van der Waals surface area contributed by atoms with Gasteiger partial charge in [0.25, 0.3) is 0 Å². The summed E-state index contributed by atoms with van der Waals surface area (Å²) in [7, 11) is 1.68. The third kappa shape index (κ3) is 2.71. The summed E-state index contributed by atoms with van der Waals surface area (Å²) in [5.41, 5.74) is 1.53. The molecule has 2 aromatic rings. The Bertz CT molecular complexity index is 594. The molecule has 1 aliphatic rings. The van der Waals surface area contributed by atoms with E-state index in [1.165, 1.54) is 25.7 Å². The van der Waals surface area contributed by atoms with Gasteiger partial charge in [0, 0.05) is 19.7 Å².